The molecule has 8 aromatic rings. The maximum Gasteiger partial charge on any atom is 0.137 e. The van der Waals surface area contributed by atoms with E-state index in [0.29, 0.717) is 35.1 Å². The first-order chi connectivity index (χ1) is 26.7. The molecule has 242 valence electrons. The van der Waals surface area contributed by atoms with E-state index in [2.05, 4.69) is 29.7 Å². The third kappa shape index (κ3) is 5.22. The Bertz CT molecular complexity index is 2790. The number of nitrogens with zero attached hydrogens (tertiary/aromatic N) is 4. The van der Waals surface area contributed by atoms with Crippen molar-refractivity contribution in [2.45, 2.75) is 13.3 Å². The minimum absolute atomic E-state index is 0.0598. The number of para-hydroxylation sites is 3. The summed E-state index contributed by atoms with van der Waals surface area (Å²) in [6, 6.07) is 35.9. The summed E-state index contributed by atoms with van der Waals surface area (Å²) in [5, 5.41) is 2.11. The van der Waals surface area contributed by atoms with Crippen molar-refractivity contribution in [3.63, 3.8) is 0 Å². The van der Waals surface area contributed by atoms with Crippen molar-refractivity contribution in [2.24, 2.45) is 0 Å². The van der Waals surface area contributed by atoms with Crippen LogP contribution in [0.25, 0.3) is 38.8 Å². The van der Waals surface area contributed by atoms with Crippen LogP contribution in [0, 0.1) is 5.82 Å². The van der Waals surface area contributed by atoms with Crippen LogP contribution < -0.4 is 14.5 Å². The molecule has 0 bridgehead atoms. The van der Waals surface area contributed by atoms with Gasteiger partial charge in [-0.05, 0) is 95.9 Å². The van der Waals surface area contributed by atoms with E-state index in [4.69, 9.17) is 16.6 Å². The highest BCUT2D eigenvalue weighted by Crippen LogP contribution is 2.46. The van der Waals surface area contributed by atoms with Crippen LogP contribution in [0.1, 0.15) is 19.3 Å². The largest absolute Gasteiger partial charge is 0.457 e. The minimum atomic E-state index is -0.465. The Labute approximate surface area is 297 Å². The number of hydrogen-bond donors (Lipinski definition) is 0. The van der Waals surface area contributed by atoms with Crippen LogP contribution in [0.2, 0.25) is 0 Å². The summed E-state index contributed by atoms with van der Waals surface area (Å²) in [7, 11) is 0. The quantitative estimate of drug-likeness (QED) is 0.171. The smallest absolute Gasteiger partial charge is 0.137 e. The standard InChI is InChI=1S/C44H33FN4O/c1-2-30-21-22-46-44(23-30)49-40-16-7-6-15-38(40)39-20-19-36(28-43(39)49)50-37-25-32(31-11-4-3-5-12-31)24-35(27-37)48-29-47(34-14-10-13-33(45)26-34)41-17-8-9-18-42(41)48/h3-28H,2,29H2,1H3/i3D,4D,5D,11D,12D. The highest BCUT2D eigenvalue weighted by atomic mass is 19.1. The van der Waals surface area contributed by atoms with Gasteiger partial charge in [0.15, 0.2) is 0 Å². The van der Waals surface area contributed by atoms with E-state index in [9.17, 15) is 4.39 Å². The molecule has 5 nitrogen and oxygen atoms in total. The molecule has 0 saturated heterocycles. The van der Waals surface area contributed by atoms with E-state index >= 15 is 0 Å². The Balaban J connectivity index is 1.21. The predicted molar refractivity (Wildman–Crippen MR) is 202 cm³/mol. The molecule has 2 aromatic heterocycles. The number of hydrogen-bond acceptors (Lipinski definition) is 4. The number of anilines is 4. The van der Waals surface area contributed by atoms with Gasteiger partial charge < -0.3 is 14.5 Å². The zero-order valence-electron chi connectivity index (χ0n) is 32.1. The van der Waals surface area contributed by atoms with Gasteiger partial charge >= 0.3 is 0 Å². The number of rotatable bonds is 7. The highest BCUT2D eigenvalue weighted by Gasteiger charge is 2.28. The lowest BCUT2D eigenvalue weighted by atomic mass is 10.0. The number of pyridine rings is 1. The Morgan fingerprint density at radius 3 is 2.28 bits per heavy atom. The van der Waals surface area contributed by atoms with Gasteiger partial charge in [0.2, 0.25) is 0 Å². The topological polar surface area (TPSA) is 33.5 Å². The van der Waals surface area contributed by atoms with Crippen molar-refractivity contribution in [3.8, 4) is 28.4 Å². The third-order valence-electron chi connectivity index (χ3n) is 9.19. The summed E-state index contributed by atoms with van der Waals surface area (Å²) in [6.45, 7) is 2.44. The second kappa shape index (κ2) is 12.2. The van der Waals surface area contributed by atoms with Crippen LogP contribution in [0.4, 0.5) is 27.1 Å². The zero-order valence-corrected chi connectivity index (χ0v) is 27.1. The van der Waals surface area contributed by atoms with Crippen molar-refractivity contribution in [3.05, 3.63) is 169 Å². The molecule has 0 saturated carbocycles. The lowest BCUT2D eigenvalue weighted by Crippen LogP contribution is -2.24. The van der Waals surface area contributed by atoms with Crippen LogP contribution in [0.5, 0.6) is 11.5 Å². The Kier molecular flexibility index (Phi) is 6.05. The van der Waals surface area contributed by atoms with Crippen molar-refractivity contribution in [1.82, 2.24) is 9.55 Å². The second-order valence-electron chi connectivity index (χ2n) is 12.2. The summed E-state index contributed by atoms with van der Waals surface area (Å²) in [4.78, 5) is 8.79. The van der Waals surface area contributed by atoms with E-state index in [1.165, 1.54) is 17.7 Å². The van der Waals surface area contributed by atoms with Gasteiger partial charge in [-0.3, -0.25) is 4.57 Å². The van der Waals surface area contributed by atoms with Crippen LogP contribution in [-0.2, 0) is 6.42 Å². The van der Waals surface area contributed by atoms with Gasteiger partial charge in [0.25, 0.3) is 0 Å². The van der Waals surface area contributed by atoms with Gasteiger partial charge in [0, 0.05) is 40.5 Å². The van der Waals surface area contributed by atoms with Gasteiger partial charge in [-0.25, -0.2) is 9.37 Å². The summed E-state index contributed by atoms with van der Waals surface area (Å²) in [6.07, 6.45) is 2.70. The fourth-order valence-corrected chi connectivity index (χ4v) is 6.84. The van der Waals surface area contributed by atoms with Crippen molar-refractivity contribution >= 4 is 44.6 Å². The lowest BCUT2D eigenvalue weighted by Gasteiger charge is -2.23. The summed E-state index contributed by atoms with van der Waals surface area (Å²) < 4.78 is 66.0. The monoisotopic (exact) mass is 657 g/mol. The van der Waals surface area contributed by atoms with Crippen LogP contribution >= 0.6 is 0 Å². The predicted octanol–water partition coefficient (Wildman–Crippen LogP) is 11.6. The number of ether oxygens (including phenoxy) is 1. The number of benzene rings is 6. The maximum atomic E-state index is 14.5. The third-order valence-corrected chi connectivity index (χ3v) is 9.19. The Morgan fingerprint density at radius 2 is 1.46 bits per heavy atom. The first-order valence-electron chi connectivity index (χ1n) is 19.0. The van der Waals surface area contributed by atoms with Gasteiger partial charge in [-0.2, -0.15) is 0 Å². The van der Waals surface area contributed by atoms with Gasteiger partial charge in [-0.15, -0.1) is 0 Å². The molecule has 50 heavy (non-hydrogen) atoms. The zero-order chi connectivity index (χ0) is 38.0. The number of fused-ring (bicyclic) bond motifs is 4. The van der Waals surface area contributed by atoms with Crippen molar-refractivity contribution in [1.29, 1.82) is 0 Å². The lowest BCUT2D eigenvalue weighted by molar-refractivity contribution is 0.483. The number of aromatic nitrogens is 2. The first-order valence-corrected chi connectivity index (χ1v) is 16.5. The van der Waals surface area contributed by atoms with E-state index in [1.54, 1.807) is 18.2 Å². The molecule has 0 unspecified atom stereocenters. The second-order valence-corrected chi connectivity index (χ2v) is 12.2. The summed E-state index contributed by atoms with van der Waals surface area (Å²) in [5.41, 5.74) is 6.58. The maximum absolute atomic E-state index is 14.5. The van der Waals surface area contributed by atoms with Crippen LogP contribution in [0.15, 0.2) is 158 Å². The molecule has 9 rings (SSSR count). The van der Waals surface area contributed by atoms with E-state index in [1.807, 2.05) is 88.8 Å². The van der Waals surface area contributed by atoms with Crippen LogP contribution in [0.3, 0.4) is 0 Å². The molecule has 0 amide bonds. The Hall–Kier alpha value is -6.40. The van der Waals surface area contributed by atoms with Gasteiger partial charge in [0.1, 0.15) is 29.8 Å². The molecule has 0 N–H and O–H groups in total. The molecule has 0 fully saturated rings. The van der Waals surface area contributed by atoms with E-state index in [0.717, 1.165) is 45.4 Å². The van der Waals surface area contributed by atoms with Crippen molar-refractivity contribution in [2.75, 3.05) is 16.5 Å². The van der Waals surface area contributed by atoms with Crippen molar-refractivity contribution < 1.29 is 16.0 Å². The molecular weight excluding hydrogens is 620 g/mol. The first kappa shape index (κ1) is 24.7. The van der Waals surface area contributed by atoms with Crippen LogP contribution in [-0.4, -0.2) is 16.2 Å². The molecular formula is C44H33FN4O. The average Bonchev–Trinajstić information content (AvgIpc) is 3.75. The average molecular weight is 658 g/mol. The molecule has 0 atom stereocenters. The highest BCUT2D eigenvalue weighted by molar-refractivity contribution is 6.09. The minimum Gasteiger partial charge on any atom is -0.457 e. The van der Waals surface area contributed by atoms with Gasteiger partial charge in [-0.1, -0.05) is 73.5 Å². The molecule has 0 aliphatic carbocycles. The molecule has 0 radical (unpaired) electrons. The van der Waals surface area contributed by atoms with E-state index in [-0.39, 0.29) is 23.5 Å². The summed E-state index contributed by atoms with van der Waals surface area (Å²) >= 11 is 0. The summed E-state index contributed by atoms with van der Waals surface area (Å²) in [5.74, 6) is 1.38. The molecule has 6 aromatic carbocycles. The fourth-order valence-electron chi connectivity index (χ4n) is 6.84. The Morgan fingerprint density at radius 1 is 0.680 bits per heavy atom. The molecule has 3 heterocycles. The van der Waals surface area contributed by atoms with E-state index < -0.39 is 18.1 Å². The number of aryl methyl sites for hydroxylation is 1. The van der Waals surface area contributed by atoms with Gasteiger partial charge in [0.05, 0.1) is 29.3 Å². The fraction of sp³-hybridized carbons (Fsp3) is 0.0682. The molecule has 6 heteroatoms. The molecule has 0 spiro atoms. The molecule has 1 aliphatic heterocycles. The number of halogens is 1. The SMILES string of the molecule is [2H]c1c([2H])c([2H])c(-c2cc(Oc3ccc4c5ccccc5n(-c5cc(CC)ccn5)c4c3)cc(N3CN(c4cccc(F)c4)c4ccccc43)c2)c([2H])c1[2H]. The molecule has 1 aliphatic rings. The normalized spacial score (nSPS) is 13.9.